The fraction of sp³-hybridized carbons (Fsp3) is 0.171. The molecule has 0 saturated heterocycles. The molecule has 6 heteroatoms. The molecule has 0 spiro atoms. The van der Waals surface area contributed by atoms with Crippen LogP contribution in [0.1, 0.15) is 49.9 Å². The molecule has 0 saturated carbocycles. The molecule has 5 nitrogen and oxygen atoms in total. The largest absolute Gasteiger partial charge is 0.509 e. The van der Waals surface area contributed by atoms with E-state index in [0.29, 0.717) is 11.5 Å². The molecule has 0 bridgehead atoms. The third-order valence-corrected chi connectivity index (χ3v) is 9.14. The molecule has 0 atom stereocenters. The van der Waals surface area contributed by atoms with Gasteiger partial charge < -0.3 is 14.5 Å². The molecule has 2 heterocycles. The standard InChI is InChI=1S/C41H37N4O.Pt/c1-40(2,30-15-8-6-9-16-30)32-23-35(44-29-43(5)38-21-12-13-22-39(38)44)26-37(24-32)46-36-20-14-19-34(25-36)45-28-33(27-42-45)41(3,4)31-17-10-7-11-18-31;/h6-24,27-29H,1-5H3;/q-3;. The predicted octanol–water partition coefficient (Wildman–Crippen LogP) is 9.62. The van der Waals surface area contributed by atoms with Gasteiger partial charge in [0.25, 0.3) is 0 Å². The summed E-state index contributed by atoms with van der Waals surface area (Å²) in [5.41, 5.74) is 8.19. The van der Waals surface area contributed by atoms with Gasteiger partial charge in [0, 0.05) is 61.1 Å². The van der Waals surface area contributed by atoms with Crippen LogP contribution in [-0.4, -0.2) is 16.8 Å². The molecule has 1 aromatic heterocycles. The number of anilines is 3. The molecule has 5 aromatic carbocycles. The maximum atomic E-state index is 6.56. The van der Waals surface area contributed by atoms with E-state index in [1.54, 1.807) is 0 Å². The predicted molar refractivity (Wildman–Crippen MR) is 186 cm³/mol. The molecule has 0 radical (unpaired) electrons. The summed E-state index contributed by atoms with van der Waals surface area (Å²) in [4.78, 5) is 4.31. The molecule has 240 valence electrons. The second-order valence-corrected chi connectivity index (χ2v) is 12.9. The Bertz CT molecular complexity index is 1980. The zero-order chi connectivity index (χ0) is 31.9. The topological polar surface area (TPSA) is 33.5 Å². The number of hydrogen-bond acceptors (Lipinski definition) is 4. The maximum absolute atomic E-state index is 6.56. The summed E-state index contributed by atoms with van der Waals surface area (Å²) >= 11 is 0. The van der Waals surface area contributed by atoms with Crippen molar-refractivity contribution in [1.29, 1.82) is 0 Å². The monoisotopic (exact) mass is 796 g/mol. The first-order valence-electron chi connectivity index (χ1n) is 15.6. The summed E-state index contributed by atoms with van der Waals surface area (Å²) in [6.07, 6.45) is 4.01. The van der Waals surface area contributed by atoms with Crippen LogP contribution in [0.15, 0.2) is 128 Å². The Hall–Kier alpha value is -4.60. The number of nitrogens with zero attached hydrogens (tertiary/aromatic N) is 4. The van der Waals surface area contributed by atoms with Gasteiger partial charge in [-0.25, -0.2) is 0 Å². The van der Waals surface area contributed by atoms with Crippen LogP contribution in [0, 0.1) is 18.8 Å². The summed E-state index contributed by atoms with van der Waals surface area (Å²) in [5.74, 6) is 1.22. The van der Waals surface area contributed by atoms with Gasteiger partial charge in [0.15, 0.2) is 0 Å². The Balaban J connectivity index is 0.00000386. The fourth-order valence-electron chi connectivity index (χ4n) is 6.10. The van der Waals surface area contributed by atoms with Crippen LogP contribution in [0.4, 0.5) is 17.1 Å². The van der Waals surface area contributed by atoms with Gasteiger partial charge in [0.1, 0.15) is 0 Å². The molecule has 0 unspecified atom stereocenters. The number of ether oxygens (including phenoxy) is 1. The van der Waals surface area contributed by atoms with Crippen molar-refractivity contribution in [1.82, 2.24) is 9.78 Å². The van der Waals surface area contributed by atoms with Crippen LogP contribution in [0.5, 0.6) is 11.5 Å². The number of aromatic nitrogens is 2. The van der Waals surface area contributed by atoms with E-state index in [1.807, 2.05) is 35.1 Å². The van der Waals surface area contributed by atoms with Gasteiger partial charge in [-0.2, -0.15) is 17.8 Å². The van der Waals surface area contributed by atoms with Gasteiger partial charge in [-0.15, -0.1) is 47.6 Å². The third-order valence-electron chi connectivity index (χ3n) is 9.14. The van der Waals surface area contributed by atoms with Crippen LogP contribution in [0.3, 0.4) is 0 Å². The Morgan fingerprint density at radius 2 is 1.21 bits per heavy atom. The number of fused-ring (bicyclic) bond motifs is 1. The average Bonchev–Trinajstić information content (AvgIpc) is 3.72. The van der Waals surface area contributed by atoms with Crippen molar-refractivity contribution in [3.63, 3.8) is 0 Å². The van der Waals surface area contributed by atoms with Crippen molar-refractivity contribution >= 4 is 17.1 Å². The van der Waals surface area contributed by atoms with Crippen molar-refractivity contribution in [2.45, 2.75) is 38.5 Å². The van der Waals surface area contributed by atoms with E-state index in [2.05, 4.69) is 161 Å². The first-order chi connectivity index (χ1) is 22.2. The molecular weight excluding hydrogens is 760 g/mol. The zero-order valence-corrected chi connectivity index (χ0v) is 29.5. The molecule has 1 aliphatic rings. The summed E-state index contributed by atoms with van der Waals surface area (Å²) < 4.78 is 8.43. The van der Waals surface area contributed by atoms with E-state index >= 15 is 0 Å². The first kappa shape index (κ1) is 32.3. The van der Waals surface area contributed by atoms with Crippen LogP contribution < -0.4 is 14.5 Å². The second kappa shape index (κ2) is 12.9. The fourth-order valence-corrected chi connectivity index (χ4v) is 6.10. The molecular formula is C41H37N4OPt-3. The van der Waals surface area contributed by atoms with Crippen LogP contribution >= 0.6 is 0 Å². The van der Waals surface area contributed by atoms with E-state index in [-0.39, 0.29) is 31.9 Å². The van der Waals surface area contributed by atoms with Crippen molar-refractivity contribution < 1.29 is 25.8 Å². The van der Waals surface area contributed by atoms with E-state index in [0.717, 1.165) is 33.9 Å². The van der Waals surface area contributed by atoms with E-state index in [4.69, 9.17) is 9.84 Å². The number of benzene rings is 5. The molecule has 0 fully saturated rings. The molecule has 0 N–H and O–H groups in total. The van der Waals surface area contributed by atoms with Gasteiger partial charge in [-0.3, -0.25) is 4.68 Å². The Labute approximate surface area is 292 Å². The van der Waals surface area contributed by atoms with Gasteiger partial charge in [-0.05, 0) is 41.4 Å². The number of rotatable bonds is 8. The Morgan fingerprint density at radius 3 is 1.89 bits per heavy atom. The summed E-state index contributed by atoms with van der Waals surface area (Å²) in [7, 11) is 2.07. The van der Waals surface area contributed by atoms with E-state index < -0.39 is 0 Å². The maximum Gasteiger partial charge on any atom is 0.0534 e. The smallest absolute Gasteiger partial charge is 0.0534 e. The Morgan fingerprint density at radius 1 is 0.617 bits per heavy atom. The molecule has 0 aliphatic carbocycles. The van der Waals surface area contributed by atoms with Crippen molar-refractivity contribution in [2.75, 3.05) is 16.8 Å². The molecule has 6 aromatic rings. The first-order valence-corrected chi connectivity index (χ1v) is 15.6. The van der Waals surface area contributed by atoms with Crippen molar-refractivity contribution in [2.24, 2.45) is 0 Å². The zero-order valence-electron chi connectivity index (χ0n) is 27.2. The average molecular weight is 797 g/mol. The number of para-hydroxylation sites is 2. The van der Waals surface area contributed by atoms with Crippen molar-refractivity contribution in [3.8, 4) is 17.2 Å². The minimum absolute atomic E-state index is 0. The van der Waals surface area contributed by atoms with Gasteiger partial charge in [0.2, 0.25) is 0 Å². The van der Waals surface area contributed by atoms with Gasteiger partial charge in [0.05, 0.1) is 6.20 Å². The van der Waals surface area contributed by atoms with E-state index in [9.17, 15) is 0 Å². The molecule has 1 aliphatic heterocycles. The third kappa shape index (κ3) is 6.25. The molecule has 7 rings (SSSR count). The van der Waals surface area contributed by atoms with Crippen molar-refractivity contribution in [3.05, 3.63) is 169 Å². The van der Waals surface area contributed by atoms with Gasteiger partial charge >= 0.3 is 0 Å². The quantitative estimate of drug-likeness (QED) is 0.144. The van der Waals surface area contributed by atoms with Crippen LogP contribution in [0.2, 0.25) is 0 Å². The SMILES string of the molecule is CN1[CH-]N(c2[c-]c(Oc3[c-]c(-n4cc(C(C)(C)c5ccccc5)cn4)ccc3)cc(C(C)(C)c3ccccc3)c2)c2ccccc21.[Pt]. The summed E-state index contributed by atoms with van der Waals surface area (Å²) in [6.45, 7) is 11.0. The molecule has 0 amide bonds. The van der Waals surface area contributed by atoms with Crippen LogP contribution in [-0.2, 0) is 31.9 Å². The second-order valence-electron chi connectivity index (χ2n) is 12.9. The van der Waals surface area contributed by atoms with Gasteiger partial charge in [-0.1, -0.05) is 100 Å². The van der Waals surface area contributed by atoms with Crippen LogP contribution in [0.25, 0.3) is 5.69 Å². The minimum atomic E-state index is -0.281. The summed E-state index contributed by atoms with van der Waals surface area (Å²) in [6, 6.07) is 46.7. The Kier molecular flexibility index (Phi) is 8.87. The minimum Gasteiger partial charge on any atom is -0.509 e. The normalized spacial score (nSPS) is 12.9. The van der Waals surface area contributed by atoms with E-state index in [1.165, 1.54) is 11.1 Å². The molecule has 47 heavy (non-hydrogen) atoms. The summed E-state index contributed by atoms with van der Waals surface area (Å²) in [5, 5.41) is 4.71. The number of hydrogen-bond donors (Lipinski definition) is 0.